The largest absolute Gasteiger partial charge is 0.457 e. The molecule has 5 rings (SSSR count). The number of carbonyl (C=O) groups excluding carboxylic acids is 3. The summed E-state index contributed by atoms with van der Waals surface area (Å²) < 4.78 is 50.7. The van der Waals surface area contributed by atoms with Crippen molar-refractivity contribution in [1.29, 1.82) is 0 Å². The van der Waals surface area contributed by atoms with Crippen LogP contribution in [0.1, 0.15) is 107 Å². The Hall–Kier alpha value is -3.56. The Morgan fingerprint density at radius 3 is 2.39 bits per heavy atom. The number of oxime groups is 1. The van der Waals surface area contributed by atoms with Crippen LogP contribution in [0.4, 0.5) is 10.2 Å². The van der Waals surface area contributed by atoms with E-state index in [0.29, 0.717) is 29.4 Å². The molecule has 3 saturated heterocycles. The Balaban J connectivity index is 1.69. The third-order valence-corrected chi connectivity index (χ3v) is 15.4. The molecule has 3 N–H and O–H groups in total. The molecule has 0 saturated carbocycles. The third-order valence-electron chi connectivity index (χ3n) is 13.5. The second kappa shape index (κ2) is 22.0. The van der Waals surface area contributed by atoms with Crippen LogP contribution in [-0.4, -0.2) is 132 Å². The van der Waals surface area contributed by atoms with Crippen LogP contribution in [0.2, 0.25) is 19.6 Å². The summed E-state index contributed by atoms with van der Waals surface area (Å²) in [5.41, 5.74) is 1.71. The van der Waals surface area contributed by atoms with Gasteiger partial charge in [-0.3, -0.25) is 14.6 Å². The fourth-order valence-electron chi connectivity index (χ4n) is 9.94. The number of hydrogen-bond acceptors (Lipinski definition) is 16. The number of amides is 1. The summed E-state index contributed by atoms with van der Waals surface area (Å²) in [5.74, 6) is -5.67. The van der Waals surface area contributed by atoms with Gasteiger partial charge in [0, 0.05) is 47.2 Å². The molecule has 374 valence electrons. The first-order valence-electron chi connectivity index (χ1n) is 23.6. The number of hydrogen-bond donors (Lipinski definition) is 2. The number of fused-ring (bicyclic) bond motifs is 5. The number of aliphatic hydroxyl groups is 1. The van der Waals surface area contributed by atoms with E-state index >= 15 is 4.39 Å². The van der Waals surface area contributed by atoms with Gasteiger partial charge < -0.3 is 44.0 Å². The number of thiazole rings is 1. The summed E-state index contributed by atoms with van der Waals surface area (Å²) in [6.45, 7) is 21.0. The van der Waals surface area contributed by atoms with Crippen molar-refractivity contribution in [1.82, 2.24) is 14.9 Å². The highest BCUT2D eigenvalue weighted by Crippen LogP contribution is 2.43. The Morgan fingerprint density at radius 2 is 1.81 bits per heavy atom. The zero-order valence-corrected chi connectivity index (χ0v) is 43.8. The van der Waals surface area contributed by atoms with Crippen LogP contribution in [0.15, 0.2) is 33.9 Å². The minimum absolute atomic E-state index is 0.00844. The number of likely N-dealkylation sites (N-methyl/N-ethyl adjacent to an activating group) is 1. The molecule has 19 heteroatoms. The van der Waals surface area contributed by atoms with Gasteiger partial charge in [-0.15, -0.1) is 11.3 Å². The molecule has 0 radical (unpaired) electrons. The third kappa shape index (κ3) is 13.0. The van der Waals surface area contributed by atoms with Crippen molar-refractivity contribution in [2.75, 3.05) is 26.4 Å². The summed E-state index contributed by atoms with van der Waals surface area (Å²) in [7, 11) is 1.64. The van der Waals surface area contributed by atoms with E-state index in [9.17, 15) is 19.5 Å². The normalized spacial score (nSPS) is 36.3. The lowest BCUT2D eigenvalue weighted by atomic mass is 9.68. The summed E-state index contributed by atoms with van der Waals surface area (Å²) >= 11 is 1.42. The second-order valence-electron chi connectivity index (χ2n) is 20.5. The highest BCUT2D eigenvalue weighted by molar-refractivity contribution is 7.13. The number of nitrogens with zero attached hydrogens (tertiary/aromatic N) is 5. The number of aliphatic imine (C=N–C) groups is 1. The lowest BCUT2D eigenvalue weighted by Crippen LogP contribution is -2.62. The predicted molar refractivity (Wildman–Crippen MR) is 259 cm³/mol. The number of ether oxygens (including phenoxy) is 4. The van der Waals surface area contributed by atoms with Gasteiger partial charge in [0.25, 0.3) is 5.67 Å². The fourth-order valence-corrected chi connectivity index (χ4v) is 11.7. The van der Waals surface area contributed by atoms with Crippen molar-refractivity contribution < 1.29 is 52.1 Å². The van der Waals surface area contributed by atoms with E-state index in [-0.39, 0.29) is 63.4 Å². The minimum atomic E-state index is -3.16. The first-order valence-corrected chi connectivity index (χ1v) is 27.9. The molecule has 1 amide bonds. The quantitative estimate of drug-likeness (QED) is 0.0964. The van der Waals surface area contributed by atoms with Gasteiger partial charge in [-0.2, -0.15) is 0 Å². The molecule has 5 heterocycles. The number of anilines is 1. The maximum absolute atomic E-state index is 17.2. The topological polar surface area (TPSA) is 207 Å². The number of alkyl halides is 1. The molecule has 2 aromatic rings. The molecule has 16 nitrogen and oxygen atoms in total. The molecule has 3 fully saturated rings. The number of esters is 1. The average molecular weight is 975 g/mol. The van der Waals surface area contributed by atoms with Crippen LogP contribution in [0.5, 0.6) is 0 Å². The van der Waals surface area contributed by atoms with Crippen LogP contribution in [0.25, 0.3) is 10.6 Å². The first kappa shape index (κ1) is 54.4. The number of ketones is 1. The van der Waals surface area contributed by atoms with Crippen molar-refractivity contribution in [3.8, 4) is 10.6 Å². The van der Waals surface area contributed by atoms with Gasteiger partial charge >= 0.3 is 5.97 Å². The van der Waals surface area contributed by atoms with Crippen molar-refractivity contribution in [2.45, 2.75) is 181 Å². The molecule has 3 aliphatic heterocycles. The number of carbonyl (C=O) groups is 3. The number of nitrogen functional groups attached to an aromatic ring is 1. The minimum Gasteiger partial charge on any atom is -0.457 e. The lowest BCUT2D eigenvalue weighted by molar-refractivity contribution is -0.293. The molecule has 0 aromatic carbocycles. The second-order valence-corrected chi connectivity index (χ2v) is 25.8. The van der Waals surface area contributed by atoms with Crippen molar-refractivity contribution in [3.63, 3.8) is 0 Å². The van der Waals surface area contributed by atoms with E-state index in [4.69, 9.17) is 38.9 Å². The van der Waals surface area contributed by atoms with Crippen molar-refractivity contribution >= 4 is 54.6 Å². The monoisotopic (exact) mass is 975 g/mol. The number of aromatic nitrogens is 2. The molecule has 2 aromatic heterocycles. The van der Waals surface area contributed by atoms with Crippen LogP contribution < -0.4 is 5.73 Å². The van der Waals surface area contributed by atoms with Crippen molar-refractivity contribution in [2.24, 2.45) is 33.8 Å². The van der Waals surface area contributed by atoms with Gasteiger partial charge in [0.1, 0.15) is 28.6 Å². The van der Waals surface area contributed by atoms with Crippen LogP contribution in [0.3, 0.4) is 0 Å². The molecule has 0 spiro atoms. The van der Waals surface area contributed by atoms with E-state index in [1.165, 1.54) is 18.3 Å². The molecule has 13 atom stereocenters. The van der Waals surface area contributed by atoms with Gasteiger partial charge in [-0.05, 0) is 118 Å². The molecule has 2 bridgehead atoms. The zero-order chi connectivity index (χ0) is 49.8. The molecular weight excluding hydrogens is 900 g/mol. The smallest absolute Gasteiger partial charge is 0.351 e. The van der Waals surface area contributed by atoms with Crippen LogP contribution in [0, 0.1) is 23.7 Å². The van der Waals surface area contributed by atoms with Crippen LogP contribution >= 0.6 is 11.3 Å². The summed E-state index contributed by atoms with van der Waals surface area (Å²) in [6, 6.07) is 3.53. The SMILES string of the molecule is CCC(=O)N=C1[C@H](C)C[C@@]2(C)OC/C(=N/OCc3ccc(-c4nc(N)cs4)cn3)CC[C@H]([C@H]1C)[C@](C)(O)[C@@H](CC)OC(=O)[C@@](C)(F)C(=O)[C@H](C)[C@H]2O[C@@H]1O[C@H](C)C[C@H](N(C)C)[C@H]1O[Si](C)(C)C. The summed E-state index contributed by atoms with van der Waals surface area (Å²) in [5, 5.41) is 19.8. The lowest BCUT2D eigenvalue weighted by Gasteiger charge is -2.49. The Morgan fingerprint density at radius 1 is 1.10 bits per heavy atom. The fraction of sp³-hybridized carbons (Fsp3) is 0.729. The van der Waals surface area contributed by atoms with Crippen molar-refractivity contribution in [3.05, 3.63) is 29.4 Å². The zero-order valence-electron chi connectivity index (χ0n) is 42.0. The highest BCUT2D eigenvalue weighted by Gasteiger charge is 2.57. The summed E-state index contributed by atoms with van der Waals surface area (Å²) in [6.07, 6.45) is -1.46. The Bertz CT molecular complexity index is 2100. The number of Topliss-reactive ketones (excluding diaryl/α,β-unsaturated/α-hetero) is 1. The standard InChI is InChI=1S/C48H75FN6O10SSi/c1-15-36-48(9,59)34-20-19-33(54-61-25-32-18-17-31(23-51-32)43-52-37(50)26-66-43)24-60-46(7,22-27(3)39(29(34)5)53-38(56)16-2)42(30(6)41(57)47(8,49)45(58)63-36)64-44-40(65-67(12,13)14)35(55(10)11)21-28(4)62-44/h17-18,23,26-30,34-36,40,42,44,59H,15-16,19-22,24-25,50H2,1-14H3/b53-39?,54-33+/t27-,28-,29-,30+,34-,35+,36-,40-,42-,44+,46-,47+,48+/m1/s1. The Labute approximate surface area is 401 Å². The number of cyclic esters (lactones) is 1. The number of rotatable bonds is 11. The van der Waals surface area contributed by atoms with E-state index in [2.05, 4.69) is 39.7 Å². The highest BCUT2D eigenvalue weighted by atomic mass is 32.1. The maximum Gasteiger partial charge on any atom is 0.351 e. The first-order chi connectivity index (χ1) is 31.2. The van der Waals surface area contributed by atoms with Gasteiger partial charge in [-0.1, -0.05) is 39.8 Å². The van der Waals surface area contributed by atoms with E-state index in [1.807, 2.05) is 47.0 Å². The van der Waals surface area contributed by atoms with Crippen LogP contribution in [-0.2, 0) is 49.2 Å². The Kier molecular flexibility index (Phi) is 17.9. The molecule has 67 heavy (non-hydrogen) atoms. The molecule has 0 aliphatic carbocycles. The van der Waals surface area contributed by atoms with E-state index < -0.39 is 85.2 Å². The average Bonchev–Trinajstić information content (AvgIpc) is 3.69. The van der Waals surface area contributed by atoms with Gasteiger partial charge in [-0.25, -0.2) is 19.2 Å². The van der Waals surface area contributed by atoms with Gasteiger partial charge in [0.05, 0.1) is 35.8 Å². The maximum atomic E-state index is 17.2. The summed E-state index contributed by atoms with van der Waals surface area (Å²) in [4.78, 5) is 63.9. The van der Waals surface area contributed by atoms with E-state index in [1.54, 1.807) is 39.3 Å². The number of nitrogens with two attached hydrogens (primary N) is 1. The molecule has 3 aliphatic rings. The number of pyridine rings is 1. The van der Waals surface area contributed by atoms with Gasteiger partial charge in [0.2, 0.25) is 5.91 Å². The molecular formula is C48H75FN6O10SSi. The number of halogens is 1. The predicted octanol–water partition coefficient (Wildman–Crippen LogP) is 7.58. The van der Waals surface area contributed by atoms with E-state index in [0.717, 1.165) is 17.5 Å². The molecule has 0 unspecified atom stereocenters. The van der Waals surface area contributed by atoms with Gasteiger partial charge in [0.15, 0.2) is 27.0 Å².